The Hall–Kier alpha value is -5.58. The summed E-state index contributed by atoms with van der Waals surface area (Å²) in [5, 5.41) is 34.3. The highest BCUT2D eigenvalue weighted by molar-refractivity contribution is 6.07. The molecule has 10 heteroatoms. The molecule has 0 radical (unpaired) electrons. The number of amides is 1. The third-order valence-corrected chi connectivity index (χ3v) is 9.21. The number of nitrogens with zero attached hydrogens (tertiary/aromatic N) is 5. The number of para-hydroxylation sites is 2. The van der Waals surface area contributed by atoms with Gasteiger partial charge in [0.1, 0.15) is 0 Å². The minimum atomic E-state index is -1.73. The zero-order valence-corrected chi connectivity index (χ0v) is 26.5. The lowest BCUT2D eigenvalue weighted by molar-refractivity contribution is -0.139. The van der Waals surface area contributed by atoms with E-state index in [1.54, 1.807) is 15.6 Å². The van der Waals surface area contributed by atoms with Crippen molar-refractivity contribution in [2.75, 3.05) is 11.5 Å². The van der Waals surface area contributed by atoms with Crippen LogP contribution in [0.25, 0.3) is 16.6 Å². The van der Waals surface area contributed by atoms with Crippen LogP contribution in [-0.2, 0) is 23.5 Å². The maximum Gasteiger partial charge on any atom is 0.279 e. The molecule has 0 bridgehead atoms. The third kappa shape index (κ3) is 5.55. The van der Waals surface area contributed by atoms with Crippen molar-refractivity contribution >= 4 is 22.5 Å². The number of hydrogen-bond donors (Lipinski definition) is 3. The number of allylic oxidation sites excluding steroid dienone is 1. The number of aliphatic hydroxyl groups is 2. The van der Waals surface area contributed by atoms with Gasteiger partial charge in [-0.1, -0.05) is 97.1 Å². The van der Waals surface area contributed by atoms with E-state index in [9.17, 15) is 19.8 Å². The molecule has 0 spiro atoms. The number of fused-ring (bicyclic) bond motifs is 2. The van der Waals surface area contributed by atoms with Gasteiger partial charge in [0.05, 0.1) is 47.0 Å². The number of aliphatic hydroxyl groups excluding tert-OH is 1. The van der Waals surface area contributed by atoms with Crippen LogP contribution < -0.4 is 10.5 Å². The van der Waals surface area contributed by atoms with Crippen molar-refractivity contribution in [1.82, 2.24) is 24.8 Å². The lowest BCUT2D eigenvalue weighted by atomic mass is 9.83. The highest BCUT2D eigenvalue weighted by Gasteiger charge is 2.52. The number of carbonyl (C=O) groups excluding carboxylic acids is 1. The topological polar surface area (TPSA) is 129 Å². The van der Waals surface area contributed by atoms with Crippen molar-refractivity contribution in [2.24, 2.45) is 5.92 Å². The maximum atomic E-state index is 14.0. The Morgan fingerprint density at radius 2 is 1.65 bits per heavy atom. The first-order valence-corrected chi connectivity index (χ1v) is 16.0. The fraction of sp³-hybridized carbons (Fsp3) is 0.211. The Labute approximate surface area is 277 Å². The molecule has 48 heavy (non-hydrogen) atoms. The average Bonchev–Trinajstić information content (AvgIpc) is 3.79. The van der Waals surface area contributed by atoms with Crippen molar-refractivity contribution in [3.8, 4) is 5.69 Å². The number of anilines is 1. The predicted octanol–water partition coefficient (Wildman–Crippen LogP) is 5.05. The van der Waals surface area contributed by atoms with E-state index >= 15 is 0 Å². The Morgan fingerprint density at radius 1 is 0.917 bits per heavy atom. The molecule has 3 N–H and O–H groups in total. The van der Waals surface area contributed by atoms with Gasteiger partial charge >= 0.3 is 0 Å². The van der Waals surface area contributed by atoms with E-state index in [1.165, 1.54) is 4.68 Å². The quantitative estimate of drug-likeness (QED) is 0.170. The first kappa shape index (κ1) is 31.0. The van der Waals surface area contributed by atoms with Crippen LogP contribution in [0.2, 0.25) is 0 Å². The Kier molecular flexibility index (Phi) is 8.34. The summed E-state index contributed by atoms with van der Waals surface area (Å²) in [6, 6.07) is 31.9. The van der Waals surface area contributed by atoms with Gasteiger partial charge in [-0.15, -0.1) is 5.10 Å². The molecule has 1 unspecified atom stereocenters. The Morgan fingerprint density at radius 3 is 2.42 bits per heavy atom. The number of benzene rings is 4. The summed E-state index contributed by atoms with van der Waals surface area (Å²) >= 11 is 0. The standard InChI is InChI=1S/C38H36N6O4/c1-26(11-9-10-22-42-24-34(39-41-42)31(25-45)28-12-3-2-4-13-28)38(48)32-15-6-8-17-35(32)43(37(38)47)23-27-18-20-29(21-19-27)44-36(46)30-14-5-7-16-33(30)40-44/h2-9,11-21,24,26,31,40,45,48H,10,22-23,25H2,1H3/b11-9+/t26-,31?,38+/m0/s1. The molecule has 0 aliphatic carbocycles. The molecule has 1 amide bonds. The molecule has 2 aromatic heterocycles. The monoisotopic (exact) mass is 640 g/mol. The third-order valence-electron chi connectivity index (χ3n) is 9.21. The summed E-state index contributed by atoms with van der Waals surface area (Å²) in [6.07, 6.45) is 6.29. The van der Waals surface area contributed by atoms with Crippen molar-refractivity contribution in [3.05, 3.63) is 154 Å². The molecule has 10 nitrogen and oxygen atoms in total. The van der Waals surface area contributed by atoms with Crippen molar-refractivity contribution in [3.63, 3.8) is 0 Å². The fourth-order valence-corrected chi connectivity index (χ4v) is 6.52. The van der Waals surface area contributed by atoms with Gasteiger partial charge in [-0.3, -0.25) is 19.4 Å². The number of aryl methyl sites for hydroxylation is 1. The molecule has 6 aromatic rings. The van der Waals surface area contributed by atoms with E-state index in [-0.39, 0.29) is 30.5 Å². The summed E-state index contributed by atoms with van der Waals surface area (Å²) in [4.78, 5) is 28.5. The first-order valence-electron chi connectivity index (χ1n) is 16.0. The molecule has 3 heterocycles. The van der Waals surface area contributed by atoms with Crippen LogP contribution in [0.5, 0.6) is 0 Å². The minimum absolute atomic E-state index is 0.0666. The van der Waals surface area contributed by atoms with Crippen LogP contribution in [0.1, 0.15) is 41.6 Å². The predicted molar refractivity (Wildman–Crippen MR) is 184 cm³/mol. The van der Waals surface area contributed by atoms with E-state index in [0.717, 1.165) is 16.6 Å². The molecule has 242 valence electrons. The first-order chi connectivity index (χ1) is 23.4. The zero-order valence-electron chi connectivity index (χ0n) is 26.5. The summed E-state index contributed by atoms with van der Waals surface area (Å²) in [6.45, 7) is 2.60. The van der Waals surface area contributed by atoms with E-state index in [1.807, 2.05) is 122 Å². The van der Waals surface area contributed by atoms with E-state index in [4.69, 9.17) is 0 Å². The van der Waals surface area contributed by atoms with Crippen molar-refractivity contribution in [1.29, 1.82) is 0 Å². The smallest absolute Gasteiger partial charge is 0.279 e. The van der Waals surface area contributed by atoms with Crippen LogP contribution in [0.4, 0.5) is 5.69 Å². The van der Waals surface area contributed by atoms with E-state index in [2.05, 4.69) is 15.4 Å². The number of rotatable bonds is 11. The molecule has 3 atom stereocenters. The van der Waals surface area contributed by atoms with Crippen molar-refractivity contribution < 1.29 is 15.0 Å². The van der Waals surface area contributed by atoms with Crippen LogP contribution in [0.3, 0.4) is 0 Å². The number of aromatic nitrogens is 5. The maximum absolute atomic E-state index is 14.0. The largest absolute Gasteiger partial charge is 0.395 e. The summed E-state index contributed by atoms with van der Waals surface area (Å²) in [7, 11) is 0. The molecule has 1 aliphatic rings. The number of hydrogen-bond acceptors (Lipinski definition) is 6. The number of carbonyl (C=O) groups is 1. The van der Waals surface area contributed by atoms with Gasteiger partial charge < -0.3 is 15.1 Å². The number of H-pyrrole nitrogens is 1. The van der Waals surface area contributed by atoms with E-state index < -0.39 is 11.5 Å². The number of nitrogens with one attached hydrogen (secondary N) is 1. The highest BCUT2D eigenvalue weighted by Crippen LogP contribution is 2.45. The molecule has 1 aliphatic heterocycles. The van der Waals surface area contributed by atoms with Gasteiger partial charge in [-0.25, -0.2) is 4.68 Å². The second kappa shape index (κ2) is 12.9. The average molecular weight is 641 g/mol. The number of aromatic amines is 1. The summed E-state index contributed by atoms with van der Waals surface area (Å²) in [5.41, 5.74) is 3.38. The second-order valence-corrected chi connectivity index (χ2v) is 12.2. The van der Waals surface area contributed by atoms with Gasteiger partial charge in [0.25, 0.3) is 11.5 Å². The Balaban J connectivity index is 1.03. The fourth-order valence-electron chi connectivity index (χ4n) is 6.52. The molecule has 0 saturated carbocycles. The molecule has 4 aromatic carbocycles. The van der Waals surface area contributed by atoms with Gasteiger partial charge in [-0.05, 0) is 47.9 Å². The highest BCUT2D eigenvalue weighted by atomic mass is 16.3. The van der Waals surface area contributed by atoms with Gasteiger partial charge in [-0.2, -0.15) is 0 Å². The van der Waals surface area contributed by atoms with Crippen LogP contribution >= 0.6 is 0 Å². The summed E-state index contributed by atoms with van der Waals surface area (Å²) < 4.78 is 3.25. The van der Waals surface area contributed by atoms with Crippen LogP contribution in [0, 0.1) is 5.92 Å². The van der Waals surface area contributed by atoms with Crippen LogP contribution in [0.15, 0.2) is 126 Å². The molecule has 7 rings (SSSR count). The summed E-state index contributed by atoms with van der Waals surface area (Å²) in [5.74, 6) is -1.13. The lowest BCUT2D eigenvalue weighted by Crippen LogP contribution is -2.44. The van der Waals surface area contributed by atoms with Gasteiger partial charge in [0.2, 0.25) is 0 Å². The molecular formula is C38H36N6O4. The minimum Gasteiger partial charge on any atom is -0.395 e. The second-order valence-electron chi connectivity index (χ2n) is 12.2. The molecule has 0 saturated heterocycles. The zero-order chi connectivity index (χ0) is 33.3. The van der Waals surface area contributed by atoms with E-state index in [0.29, 0.717) is 41.0 Å². The molecule has 0 fully saturated rings. The SMILES string of the molecule is C[C@@H](/C=C/CCn1cc(C(CO)c2ccccc2)nn1)[C@]1(O)C(=O)N(Cc2ccc(-n3[nH]c4ccccc4c3=O)cc2)c2ccccc21. The Bertz CT molecular complexity index is 2150. The van der Waals surface area contributed by atoms with Crippen molar-refractivity contribution in [2.45, 2.75) is 38.0 Å². The van der Waals surface area contributed by atoms with Gasteiger partial charge in [0.15, 0.2) is 5.60 Å². The normalized spacial score (nSPS) is 17.3. The van der Waals surface area contributed by atoms with Crippen LogP contribution in [-0.4, -0.2) is 47.5 Å². The molecular weight excluding hydrogens is 604 g/mol. The lowest BCUT2D eigenvalue weighted by Gasteiger charge is -2.27. The van der Waals surface area contributed by atoms with Gasteiger partial charge in [0, 0.05) is 24.2 Å².